The molecule has 1 aromatic rings. The van der Waals surface area contributed by atoms with Crippen molar-refractivity contribution in [1.29, 1.82) is 0 Å². The highest BCUT2D eigenvalue weighted by Gasteiger charge is 2.16. The number of aliphatic hydroxyl groups excluding tert-OH is 1. The standard InChI is InChI=1S/C11H13ClF2N2O3/c12-10-2-1-9(16(18)19)5-8(10)6-15(3-4-17)7-11(13)14/h1-2,5,11,17H,3-4,6-7H2. The van der Waals surface area contributed by atoms with Crippen LogP contribution in [0.15, 0.2) is 18.2 Å². The van der Waals surface area contributed by atoms with E-state index in [2.05, 4.69) is 0 Å². The van der Waals surface area contributed by atoms with Gasteiger partial charge in [0.2, 0.25) is 0 Å². The van der Waals surface area contributed by atoms with Gasteiger partial charge in [-0.05, 0) is 11.6 Å². The first-order chi connectivity index (χ1) is 8.93. The van der Waals surface area contributed by atoms with Crippen molar-refractivity contribution in [2.24, 2.45) is 0 Å². The quantitative estimate of drug-likeness (QED) is 0.619. The van der Waals surface area contributed by atoms with Gasteiger partial charge in [-0.15, -0.1) is 0 Å². The molecule has 0 saturated carbocycles. The van der Waals surface area contributed by atoms with E-state index in [9.17, 15) is 18.9 Å². The van der Waals surface area contributed by atoms with E-state index in [1.807, 2.05) is 0 Å². The topological polar surface area (TPSA) is 66.6 Å². The van der Waals surface area contributed by atoms with Crippen molar-refractivity contribution in [2.75, 3.05) is 19.7 Å². The maximum atomic E-state index is 12.4. The molecule has 106 valence electrons. The summed E-state index contributed by atoms with van der Waals surface area (Å²) in [5.41, 5.74) is 0.227. The molecular weight excluding hydrogens is 282 g/mol. The van der Waals surface area contributed by atoms with E-state index in [4.69, 9.17) is 16.7 Å². The molecule has 0 fully saturated rings. The van der Waals surface area contributed by atoms with Crippen LogP contribution in [0.3, 0.4) is 0 Å². The SMILES string of the molecule is O=[N+]([O-])c1ccc(Cl)c(CN(CCO)CC(F)F)c1. The van der Waals surface area contributed by atoms with Crippen molar-refractivity contribution in [3.05, 3.63) is 38.9 Å². The maximum absolute atomic E-state index is 12.4. The fraction of sp³-hybridized carbons (Fsp3) is 0.455. The molecule has 0 aliphatic rings. The number of halogens is 3. The van der Waals surface area contributed by atoms with Gasteiger partial charge in [0, 0.05) is 30.2 Å². The van der Waals surface area contributed by atoms with Crippen LogP contribution in [0.5, 0.6) is 0 Å². The van der Waals surface area contributed by atoms with E-state index in [-0.39, 0.29) is 30.4 Å². The number of non-ortho nitro benzene ring substituents is 1. The summed E-state index contributed by atoms with van der Waals surface area (Å²) in [6, 6.07) is 3.85. The second-order valence-electron chi connectivity index (χ2n) is 3.88. The number of hydrogen-bond acceptors (Lipinski definition) is 4. The Morgan fingerprint density at radius 1 is 1.47 bits per heavy atom. The molecular formula is C11H13ClF2N2O3. The lowest BCUT2D eigenvalue weighted by Gasteiger charge is -2.21. The van der Waals surface area contributed by atoms with Gasteiger partial charge >= 0.3 is 0 Å². The minimum atomic E-state index is -2.55. The van der Waals surface area contributed by atoms with Crippen molar-refractivity contribution in [3.8, 4) is 0 Å². The zero-order chi connectivity index (χ0) is 14.4. The van der Waals surface area contributed by atoms with Crippen LogP contribution in [-0.4, -0.2) is 41.1 Å². The molecule has 0 bridgehead atoms. The van der Waals surface area contributed by atoms with Gasteiger partial charge in [0.1, 0.15) is 0 Å². The lowest BCUT2D eigenvalue weighted by atomic mass is 10.2. The lowest BCUT2D eigenvalue weighted by molar-refractivity contribution is -0.384. The second-order valence-corrected chi connectivity index (χ2v) is 4.29. The van der Waals surface area contributed by atoms with Crippen LogP contribution in [0, 0.1) is 10.1 Å². The maximum Gasteiger partial charge on any atom is 0.269 e. The number of nitrogens with zero attached hydrogens (tertiary/aromatic N) is 2. The summed E-state index contributed by atoms with van der Waals surface area (Å²) < 4.78 is 24.7. The number of rotatable bonds is 7. The molecule has 1 rings (SSSR count). The normalized spacial score (nSPS) is 11.3. The third-order valence-electron chi connectivity index (χ3n) is 2.45. The molecule has 0 aliphatic carbocycles. The summed E-state index contributed by atoms with van der Waals surface area (Å²) in [6.45, 7) is -0.742. The van der Waals surface area contributed by atoms with Gasteiger partial charge in [-0.25, -0.2) is 8.78 Å². The van der Waals surface area contributed by atoms with Gasteiger partial charge in [0.25, 0.3) is 12.1 Å². The number of alkyl halides is 2. The van der Waals surface area contributed by atoms with Gasteiger partial charge in [-0.3, -0.25) is 15.0 Å². The predicted octanol–water partition coefficient (Wildman–Crippen LogP) is 2.31. The van der Waals surface area contributed by atoms with Gasteiger partial charge in [0.15, 0.2) is 0 Å². The molecule has 0 unspecified atom stereocenters. The molecule has 0 aliphatic heterocycles. The predicted molar refractivity (Wildman–Crippen MR) is 66.5 cm³/mol. The largest absolute Gasteiger partial charge is 0.395 e. The number of nitro groups is 1. The van der Waals surface area contributed by atoms with Gasteiger partial charge < -0.3 is 5.11 Å². The molecule has 1 aromatic carbocycles. The van der Waals surface area contributed by atoms with Crippen LogP contribution in [0.2, 0.25) is 5.02 Å². The molecule has 0 atom stereocenters. The summed E-state index contributed by atoms with van der Waals surface area (Å²) in [4.78, 5) is 11.3. The second kappa shape index (κ2) is 7.32. The first-order valence-corrected chi connectivity index (χ1v) is 5.86. The molecule has 0 radical (unpaired) electrons. The first-order valence-electron chi connectivity index (χ1n) is 5.48. The van der Waals surface area contributed by atoms with Crippen molar-refractivity contribution >= 4 is 17.3 Å². The molecule has 19 heavy (non-hydrogen) atoms. The van der Waals surface area contributed by atoms with Crippen molar-refractivity contribution in [3.63, 3.8) is 0 Å². The molecule has 0 heterocycles. The Morgan fingerprint density at radius 2 is 2.16 bits per heavy atom. The summed E-state index contributed by atoms with van der Waals surface area (Å²) >= 11 is 5.88. The van der Waals surface area contributed by atoms with Crippen molar-refractivity contribution in [2.45, 2.75) is 13.0 Å². The number of benzene rings is 1. The van der Waals surface area contributed by atoms with E-state index < -0.39 is 17.9 Å². The minimum Gasteiger partial charge on any atom is -0.395 e. The zero-order valence-electron chi connectivity index (χ0n) is 9.93. The lowest BCUT2D eigenvalue weighted by Crippen LogP contribution is -2.31. The van der Waals surface area contributed by atoms with Gasteiger partial charge in [-0.1, -0.05) is 11.6 Å². The Kier molecular flexibility index (Phi) is 6.07. The van der Waals surface area contributed by atoms with Crippen LogP contribution in [0.1, 0.15) is 5.56 Å². The molecule has 0 aromatic heterocycles. The Morgan fingerprint density at radius 3 is 2.68 bits per heavy atom. The van der Waals surface area contributed by atoms with Gasteiger partial charge in [0.05, 0.1) is 18.1 Å². The number of hydrogen-bond donors (Lipinski definition) is 1. The average molecular weight is 295 g/mol. The minimum absolute atomic E-state index is 0.0193. The molecule has 8 heteroatoms. The van der Waals surface area contributed by atoms with Crippen LogP contribution < -0.4 is 0 Å². The van der Waals surface area contributed by atoms with Crippen molar-refractivity contribution in [1.82, 2.24) is 4.90 Å². The van der Waals surface area contributed by atoms with Crippen LogP contribution in [0.4, 0.5) is 14.5 Å². The fourth-order valence-electron chi connectivity index (χ4n) is 1.61. The molecule has 0 spiro atoms. The highest BCUT2D eigenvalue weighted by molar-refractivity contribution is 6.31. The third-order valence-corrected chi connectivity index (χ3v) is 2.82. The third kappa shape index (κ3) is 5.06. The Bertz CT molecular complexity index is 446. The fourth-order valence-corrected chi connectivity index (χ4v) is 1.79. The molecule has 5 nitrogen and oxygen atoms in total. The van der Waals surface area contributed by atoms with E-state index in [0.717, 1.165) is 0 Å². The van der Waals surface area contributed by atoms with Crippen LogP contribution in [0.25, 0.3) is 0 Å². The summed E-state index contributed by atoms with van der Waals surface area (Å²) in [5.74, 6) is 0. The van der Waals surface area contributed by atoms with E-state index in [1.165, 1.54) is 23.1 Å². The molecule has 1 N–H and O–H groups in total. The van der Waals surface area contributed by atoms with Gasteiger partial charge in [-0.2, -0.15) is 0 Å². The summed E-state index contributed by atoms with van der Waals surface area (Å²) in [6.07, 6.45) is -2.55. The first kappa shape index (κ1) is 15.7. The highest BCUT2D eigenvalue weighted by atomic mass is 35.5. The van der Waals surface area contributed by atoms with Crippen LogP contribution >= 0.6 is 11.6 Å². The number of nitro benzene ring substituents is 1. The Balaban J connectivity index is 2.88. The molecule has 0 amide bonds. The average Bonchev–Trinajstić information content (AvgIpc) is 2.31. The van der Waals surface area contributed by atoms with Crippen LogP contribution in [-0.2, 0) is 6.54 Å². The Labute approximate surface area is 113 Å². The van der Waals surface area contributed by atoms with E-state index in [0.29, 0.717) is 5.56 Å². The zero-order valence-corrected chi connectivity index (χ0v) is 10.7. The van der Waals surface area contributed by atoms with Crippen molar-refractivity contribution < 1.29 is 18.8 Å². The van der Waals surface area contributed by atoms with E-state index >= 15 is 0 Å². The Hall–Kier alpha value is -1.31. The smallest absolute Gasteiger partial charge is 0.269 e. The molecule has 0 saturated heterocycles. The highest BCUT2D eigenvalue weighted by Crippen LogP contribution is 2.23. The number of aliphatic hydroxyl groups is 1. The summed E-state index contributed by atoms with van der Waals surface area (Å²) in [7, 11) is 0. The van der Waals surface area contributed by atoms with E-state index in [1.54, 1.807) is 0 Å². The summed E-state index contributed by atoms with van der Waals surface area (Å²) in [5, 5.41) is 19.7. The monoisotopic (exact) mass is 294 g/mol.